The topological polar surface area (TPSA) is 47.7 Å². The molecule has 18 heavy (non-hydrogen) atoms. The number of aromatic nitrogens is 4. The summed E-state index contributed by atoms with van der Waals surface area (Å²) in [7, 11) is 1.96. The lowest BCUT2D eigenvalue weighted by Gasteiger charge is -2.08. The van der Waals surface area contributed by atoms with E-state index in [0.29, 0.717) is 0 Å². The maximum absolute atomic E-state index is 4.40. The van der Waals surface area contributed by atoms with Crippen molar-refractivity contribution in [3.63, 3.8) is 0 Å². The van der Waals surface area contributed by atoms with Gasteiger partial charge in [-0.25, -0.2) is 0 Å². The van der Waals surface area contributed by atoms with E-state index in [4.69, 9.17) is 0 Å². The smallest absolute Gasteiger partial charge is 0.0843 e. The van der Waals surface area contributed by atoms with E-state index in [2.05, 4.69) is 38.4 Å². The second-order valence-electron chi connectivity index (χ2n) is 4.23. The van der Waals surface area contributed by atoms with Crippen LogP contribution in [0.15, 0.2) is 16.7 Å². The fourth-order valence-corrected chi connectivity index (χ4v) is 2.36. The van der Waals surface area contributed by atoms with Crippen molar-refractivity contribution in [2.75, 3.05) is 6.54 Å². The molecule has 0 amide bonds. The van der Waals surface area contributed by atoms with Crippen molar-refractivity contribution in [1.82, 2.24) is 24.9 Å². The van der Waals surface area contributed by atoms with Crippen LogP contribution in [0.25, 0.3) is 0 Å². The van der Waals surface area contributed by atoms with Gasteiger partial charge < -0.3 is 5.32 Å². The fourth-order valence-electron chi connectivity index (χ4n) is 1.90. The standard InChI is InChI=1S/C12H18BrN5/c1-4-14-7-10-5-6-15-18(10)8-11-12(13)9(2)16-17(11)3/h5-6,14H,4,7-8H2,1-3H3. The first-order valence-electron chi connectivity index (χ1n) is 6.02. The third-order valence-corrected chi connectivity index (χ3v) is 3.95. The lowest BCUT2D eigenvalue weighted by Crippen LogP contribution is -2.17. The summed E-state index contributed by atoms with van der Waals surface area (Å²) in [6, 6.07) is 2.04. The normalized spacial score (nSPS) is 11.1. The van der Waals surface area contributed by atoms with E-state index in [0.717, 1.165) is 35.5 Å². The van der Waals surface area contributed by atoms with Crippen LogP contribution in [-0.2, 0) is 20.1 Å². The van der Waals surface area contributed by atoms with Crippen LogP contribution in [0, 0.1) is 6.92 Å². The van der Waals surface area contributed by atoms with Crippen molar-refractivity contribution in [3.05, 3.63) is 33.8 Å². The highest BCUT2D eigenvalue weighted by Gasteiger charge is 2.12. The van der Waals surface area contributed by atoms with E-state index in [9.17, 15) is 0 Å². The minimum Gasteiger partial charge on any atom is -0.311 e. The van der Waals surface area contributed by atoms with E-state index in [1.54, 1.807) is 0 Å². The Balaban J connectivity index is 2.21. The maximum Gasteiger partial charge on any atom is 0.0843 e. The van der Waals surface area contributed by atoms with Crippen LogP contribution in [0.4, 0.5) is 0 Å². The minimum atomic E-state index is 0.728. The van der Waals surface area contributed by atoms with E-state index >= 15 is 0 Å². The molecule has 98 valence electrons. The van der Waals surface area contributed by atoms with Crippen LogP contribution in [-0.4, -0.2) is 26.1 Å². The molecule has 2 heterocycles. The molecule has 0 atom stereocenters. The quantitative estimate of drug-likeness (QED) is 0.916. The number of hydrogen-bond donors (Lipinski definition) is 1. The highest BCUT2D eigenvalue weighted by molar-refractivity contribution is 9.10. The first-order valence-corrected chi connectivity index (χ1v) is 6.82. The molecule has 0 fully saturated rings. The van der Waals surface area contributed by atoms with E-state index in [1.165, 1.54) is 5.69 Å². The summed E-state index contributed by atoms with van der Waals surface area (Å²) >= 11 is 3.58. The van der Waals surface area contributed by atoms with Gasteiger partial charge in [0.05, 0.1) is 28.1 Å². The van der Waals surface area contributed by atoms with Crippen molar-refractivity contribution in [2.24, 2.45) is 7.05 Å². The third-order valence-electron chi connectivity index (χ3n) is 2.92. The molecule has 0 radical (unpaired) electrons. The van der Waals surface area contributed by atoms with Crippen LogP contribution in [0.5, 0.6) is 0 Å². The Morgan fingerprint density at radius 1 is 1.44 bits per heavy atom. The second kappa shape index (κ2) is 5.67. The number of rotatable bonds is 5. The van der Waals surface area contributed by atoms with Crippen LogP contribution in [0.1, 0.15) is 24.0 Å². The van der Waals surface area contributed by atoms with E-state index < -0.39 is 0 Å². The Hall–Kier alpha value is -1.14. The van der Waals surface area contributed by atoms with Crippen molar-refractivity contribution in [1.29, 1.82) is 0 Å². The third kappa shape index (κ3) is 2.64. The van der Waals surface area contributed by atoms with Crippen molar-refractivity contribution in [2.45, 2.75) is 26.9 Å². The van der Waals surface area contributed by atoms with Gasteiger partial charge in [-0.1, -0.05) is 6.92 Å². The van der Waals surface area contributed by atoms with Gasteiger partial charge in [-0.2, -0.15) is 10.2 Å². The molecule has 1 N–H and O–H groups in total. The zero-order valence-corrected chi connectivity index (χ0v) is 12.5. The summed E-state index contributed by atoms with van der Waals surface area (Å²) in [5.74, 6) is 0. The predicted molar refractivity (Wildman–Crippen MR) is 74.4 cm³/mol. The summed E-state index contributed by atoms with van der Waals surface area (Å²) in [6.45, 7) is 6.62. The molecule has 0 bridgehead atoms. The number of halogens is 1. The zero-order chi connectivity index (χ0) is 13.1. The largest absolute Gasteiger partial charge is 0.311 e. The number of hydrogen-bond acceptors (Lipinski definition) is 3. The molecular formula is C12H18BrN5. The molecule has 0 aromatic carbocycles. The average Bonchev–Trinajstić information content (AvgIpc) is 2.87. The molecule has 0 unspecified atom stereocenters. The molecular weight excluding hydrogens is 294 g/mol. The molecule has 2 aromatic heterocycles. The number of aryl methyl sites for hydroxylation is 2. The molecule has 5 nitrogen and oxygen atoms in total. The van der Waals surface area contributed by atoms with Gasteiger partial charge in [0, 0.05) is 19.8 Å². The van der Waals surface area contributed by atoms with E-state index in [1.807, 2.05) is 35.6 Å². The number of nitrogens with zero attached hydrogens (tertiary/aromatic N) is 4. The number of nitrogens with one attached hydrogen (secondary N) is 1. The fraction of sp³-hybridized carbons (Fsp3) is 0.500. The first kappa shape index (κ1) is 13.3. The van der Waals surface area contributed by atoms with Gasteiger partial charge in [-0.3, -0.25) is 9.36 Å². The average molecular weight is 312 g/mol. The lowest BCUT2D eigenvalue weighted by molar-refractivity contribution is 0.574. The van der Waals surface area contributed by atoms with Crippen molar-refractivity contribution >= 4 is 15.9 Å². The molecule has 2 aromatic rings. The summed E-state index contributed by atoms with van der Waals surface area (Å²) in [4.78, 5) is 0. The maximum atomic E-state index is 4.40. The zero-order valence-electron chi connectivity index (χ0n) is 10.9. The minimum absolute atomic E-state index is 0.728. The first-order chi connectivity index (χ1) is 8.63. The second-order valence-corrected chi connectivity index (χ2v) is 5.02. The van der Waals surface area contributed by atoms with Crippen molar-refractivity contribution in [3.8, 4) is 0 Å². The molecule has 0 saturated heterocycles. The van der Waals surface area contributed by atoms with Crippen LogP contribution in [0.2, 0.25) is 0 Å². The molecule has 2 rings (SSSR count). The van der Waals surface area contributed by atoms with Crippen molar-refractivity contribution < 1.29 is 0 Å². The van der Waals surface area contributed by atoms with Gasteiger partial charge in [0.15, 0.2) is 0 Å². The van der Waals surface area contributed by atoms with Gasteiger partial charge in [0.25, 0.3) is 0 Å². The Morgan fingerprint density at radius 3 is 2.83 bits per heavy atom. The molecule has 0 aliphatic carbocycles. The monoisotopic (exact) mass is 311 g/mol. The van der Waals surface area contributed by atoms with Crippen LogP contribution >= 0.6 is 15.9 Å². The Morgan fingerprint density at radius 2 is 2.22 bits per heavy atom. The summed E-state index contributed by atoms with van der Waals surface area (Å²) in [6.07, 6.45) is 1.84. The molecule has 0 aliphatic rings. The summed E-state index contributed by atoms with van der Waals surface area (Å²) in [5.41, 5.74) is 3.32. The molecule has 0 spiro atoms. The van der Waals surface area contributed by atoms with Gasteiger partial charge in [0.2, 0.25) is 0 Å². The predicted octanol–water partition coefficient (Wildman–Crippen LogP) is 1.85. The Bertz CT molecular complexity index is 529. The Kier molecular flexibility index (Phi) is 4.19. The van der Waals surface area contributed by atoms with Gasteiger partial charge in [0.1, 0.15) is 0 Å². The Labute approximate surface area is 115 Å². The van der Waals surface area contributed by atoms with Gasteiger partial charge in [-0.15, -0.1) is 0 Å². The molecule has 6 heteroatoms. The molecule has 0 saturated carbocycles. The SMILES string of the molecule is CCNCc1ccnn1Cc1c(Br)c(C)nn1C. The van der Waals surface area contributed by atoms with Gasteiger partial charge >= 0.3 is 0 Å². The summed E-state index contributed by atoms with van der Waals surface area (Å²) in [5, 5.41) is 12.1. The van der Waals surface area contributed by atoms with Crippen LogP contribution < -0.4 is 5.32 Å². The lowest BCUT2D eigenvalue weighted by atomic mass is 10.3. The summed E-state index contributed by atoms with van der Waals surface area (Å²) < 4.78 is 4.97. The highest BCUT2D eigenvalue weighted by Crippen LogP contribution is 2.21. The highest BCUT2D eigenvalue weighted by atomic mass is 79.9. The van der Waals surface area contributed by atoms with E-state index in [-0.39, 0.29) is 0 Å². The molecule has 0 aliphatic heterocycles. The van der Waals surface area contributed by atoms with Crippen LogP contribution in [0.3, 0.4) is 0 Å². The van der Waals surface area contributed by atoms with Gasteiger partial charge in [-0.05, 0) is 35.5 Å².